The minimum absolute atomic E-state index is 0.0276. The van der Waals surface area contributed by atoms with Gasteiger partial charge >= 0.3 is 0 Å². The zero-order valence-corrected chi connectivity index (χ0v) is 14.0. The van der Waals surface area contributed by atoms with Gasteiger partial charge in [-0.1, -0.05) is 42.5 Å². The third kappa shape index (κ3) is 3.48. The Morgan fingerprint density at radius 3 is 2.39 bits per heavy atom. The van der Waals surface area contributed by atoms with Gasteiger partial charge in [0.25, 0.3) is 0 Å². The van der Waals surface area contributed by atoms with Crippen molar-refractivity contribution < 1.29 is 4.79 Å². The van der Waals surface area contributed by atoms with Gasteiger partial charge in [-0.3, -0.25) is 9.69 Å². The lowest BCUT2D eigenvalue weighted by atomic mass is 10.1. The Balaban J connectivity index is 1.95. The molecule has 1 heterocycles. The zero-order chi connectivity index (χ0) is 16.2. The van der Waals surface area contributed by atoms with E-state index >= 15 is 0 Å². The van der Waals surface area contributed by atoms with Crippen molar-refractivity contribution in [3.63, 3.8) is 0 Å². The summed E-state index contributed by atoms with van der Waals surface area (Å²) < 4.78 is 0. The Bertz CT molecular complexity index is 811. The minimum Gasteiger partial charge on any atom is -0.274 e. The molecular weight excluding hydrogens is 304 g/mol. The van der Waals surface area contributed by atoms with Crippen LogP contribution in [0, 0.1) is 13.8 Å². The highest BCUT2D eigenvalue weighted by atomic mass is 32.1. The molecule has 0 atom stereocenters. The fraction of sp³-hybridized carbons (Fsp3) is 0.158. The highest BCUT2D eigenvalue weighted by Gasteiger charge is 2.21. The number of aromatic nitrogens is 1. The van der Waals surface area contributed by atoms with E-state index in [1.807, 2.05) is 73.8 Å². The number of carbonyl (C=O) groups is 1. The normalized spacial score (nSPS) is 10.5. The van der Waals surface area contributed by atoms with Crippen LogP contribution < -0.4 is 4.90 Å². The second kappa shape index (κ2) is 6.75. The summed E-state index contributed by atoms with van der Waals surface area (Å²) in [6.07, 6.45) is 0.361. The van der Waals surface area contributed by atoms with E-state index < -0.39 is 0 Å². The number of amides is 1. The summed E-state index contributed by atoms with van der Waals surface area (Å²) in [5.74, 6) is 0.0276. The predicted octanol–water partition coefficient (Wildman–Crippen LogP) is 4.67. The van der Waals surface area contributed by atoms with Gasteiger partial charge in [-0.2, -0.15) is 0 Å². The Morgan fingerprint density at radius 1 is 1.04 bits per heavy atom. The summed E-state index contributed by atoms with van der Waals surface area (Å²) in [6, 6.07) is 17.7. The van der Waals surface area contributed by atoms with Crippen molar-refractivity contribution in [2.24, 2.45) is 0 Å². The second-order valence-electron chi connectivity index (χ2n) is 5.44. The summed E-state index contributed by atoms with van der Waals surface area (Å²) >= 11 is 1.49. The molecular formula is C19H18N2OS. The molecule has 4 heteroatoms. The molecule has 0 spiro atoms. The van der Waals surface area contributed by atoms with Gasteiger partial charge in [-0.15, -0.1) is 11.3 Å². The number of nitrogens with zero attached hydrogens (tertiary/aromatic N) is 2. The lowest BCUT2D eigenvalue weighted by Gasteiger charge is -2.20. The van der Waals surface area contributed by atoms with Gasteiger partial charge in [0.1, 0.15) is 0 Å². The maximum atomic E-state index is 13.0. The summed E-state index contributed by atoms with van der Waals surface area (Å²) in [6.45, 7) is 3.97. The highest BCUT2D eigenvalue weighted by Crippen LogP contribution is 2.29. The average molecular weight is 322 g/mol. The minimum atomic E-state index is 0.0276. The third-order valence-electron chi connectivity index (χ3n) is 3.66. The Kier molecular flexibility index (Phi) is 4.53. The monoisotopic (exact) mass is 322 g/mol. The molecule has 0 unspecified atom stereocenters. The highest BCUT2D eigenvalue weighted by molar-refractivity contribution is 7.14. The molecule has 0 radical (unpaired) electrons. The third-order valence-corrected chi connectivity index (χ3v) is 4.61. The Labute approximate surface area is 140 Å². The zero-order valence-electron chi connectivity index (χ0n) is 13.2. The fourth-order valence-corrected chi connectivity index (χ4v) is 3.27. The topological polar surface area (TPSA) is 33.2 Å². The van der Waals surface area contributed by atoms with E-state index in [0.717, 1.165) is 22.5 Å². The van der Waals surface area contributed by atoms with Crippen LogP contribution in [0.25, 0.3) is 0 Å². The van der Waals surface area contributed by atoms with Crippen molar-refractivity contribution in [3.05, 3.63) is 76.8 Å². The van der Waals surface area contributed by atoms with Crippen molar-refractivity contribution in [1.29, 1.82) is 0 Å². The molecule has 3 nitrogen and oxygen atoms in total. The summed E-state index contributed by atoms with van der Waals surface area (Å²) in [5.41, 5.74) is 3.95. The van der Waals surface area contributed by atoms with E-state index in [4.69, 9.17) is 0 Å². The van der Waals surface area contributed by atoms with Gasteiger partial charge in [0, 0.05) is 5.38 Å². The van der Waals surface area contributed by atoms with Gasteiger partial charge in [0.2, 0.25) is 5.91 Å². The largest absolute Gasteiger partial charge is 0.274 e. The van der Waals surface area contributed by atoms with Crippen LogP contribution >= 0.6 is 11.3 Å². The number of thiazole rings is 1. The van der Waals surface area contributed by atoms with Crippen LogP contribution in [0.3, 0.4) is 0 Å². The summed E-state index contributed by atoms with van der Waals surface area (Å²) in [7, 11) is 0. The lowest BCUT2D eigenvalue weighted by molar-refractivity contribution is -0.117. The fourth-order valence-electron chi connectivity index (χ4n) is 2.43. The quantitative estimate of drug-likeness (QED) is 0.699. The first-order valence-corrected chi connectivity index (χ1v) is 8.38. The second-order valence-corrected chi connectivity index (χ2v) is 6.28. The van der Waals surface area contributed by atoms with Crippen molar-refractivity contribution in [2.45, 2.75) is 20.3 Å². The Hall–Kier alpha value is -2.46. The van der Waals surface area contributed by atoms with Crippen LogP contribution in [0.15, 0.2) is 60.0 Å². The van der Waals surface area contributed by atoms with Crippen LogP contribution in [0.4, 0.5) is 10.8 Å². The van der Waals surface area contributed by atoms with Crippen LogP contribution in [0.1, 0.15) is 16.8 Å². The molecule has 0 bridgehead atoms. The molecule has 3 rings (SSSR count). The molecule has 2 aromatic carbocycles. The van der Waals surface area contributed by atoms with Gasteiger partial charge in [-0.05, 0) is 37.1 Å². The van der Waals surface area contributed by atoms with Gasteiger partial charge in [0.05, 0.1) is 17.8 Å². The van der Waals surface area contributed by atoms with E-state index in [9.17, 15) is 4.79 Å². The van der Waals surface area contributed by atoms with Gasteiger partial charge in [-0.25, -0.2) is 4.98 Å². The van der Waals surface area contributed by atoms with Crippen LogP contribution in [0.5, 0.6) is 0 Å². The van der Waals surface area contributed by atoms with Gasteiger partial charge < -0.3 is 0 Å². The van der Waals surface area contributed by atoms with E-state index in [-0.39, 0.29) is 5.91 Å². The number of para-hydroxylation sites is 1. The number of anilines is 2. The molecule has 23 heavy (non-hydrogen) atoms. The molecule has 0 aliphatic carbocycles. The number of rotatable bonds is 4. The molecule has 0 fully saturated rings. The molecule has 116 valence electrons. The first-order chi connectivity index (χ1) is 11.1. The first-order valence-electron chi connectivity index (χ1n) is 7.50. The van der Waals surface area contributed by atoms with Crippen molar-refractivity contribution in [1.82, 2.24) is 4.98 Å². The molecule has 0 aliphatic rings. The molecule has 0 N–H and O–H groups in total. The smallest absolute Gasteiger partial charge is 0.237 e. The number of aryl methyl sites for hydroxylation is 2. The maximum absolute atomic E-state index is 13.0. The number of hydrogen-bond acceptors (Lipinski definition) is 3. The van der Waals surface area contributed by atoms with E-state index in [1.165, 1.54) is 11.3 Å². The van der Waals surface area contributed by atoms with Crippen LogP contribution in [0.2, 0.25) is 0 Å². The standard InChI is InChI=1S/C19H18N2OS/c1-14-8-6-7-9-16(14)12-18(22)21(17-10-4-3-5-11-17)19-20-15(2)13-23-19/h3-11,13H,12H2,1-2H3. The summed E-state index contributed by atoms with van der Waals surface area (Å²) in [4.78, 5) is 19.2. The predicted molar refractivity (Wildman–Crippen MR) is 95.3 cm³/mol. The average Bonchev–Trinajstić information content (AvgIpc) is 2.97. The number of hydrogen-bond donors (Lipinski definition) is 0. The lowest BCUT2D eigenvalue weighted by Crippen LogP contribution is -2.27. The molecule has 3 aromatic rings. The van der Waals surface area contributed by atoms with Crippen molar-refractivity contribution in [3.8, 4) is 0 Å². The molecule has 1 aromatic heterocycles. The Morgan fingerprint density at radius 2 is 1.74 bits per heavy atom. The maximum Gasteiger partial charge on any atom is 0.237 e. The van der Waals surface area contributed by atoms with Crippen molar-refractivity contribution in [2.75, 3.05) is 4.90 Å². The van der Waals surface area contributed by atoms with Crippen LogP contribution in [-0.2, 0) is 11.2 Å². The number of benzene rings is 2. The molecule has 0 saturated carbocycles. The van der Waals surface area contributed by atoms with Crippen LogP contribution in [-0.4, -0.2) is 10.9 Å². The molecule has 0 saturated heterocycles. The van der Waals surface area contributed by atoms with Gasteiger partial charge in [0.15, 0.2) is 5.13 Å². The molecule has 1 amide bonds. The number of carbonyl (C=O) groups excluding carboxylic acids is 1. The van der Waals surface area contributed by atoms with E-state index in [1.54, 1.807) is 4.90 Å². The van der Waals surface area contributed by atoms with Crippen molar-refractivity contribution >= 4 is 28.1 Å². The SMILES string of the molecule is Cc1csc(N(C(=O)Cc2ccccc2C)c2ccccc2)n1. The summed E-state index contributed by atoms with van der Waals surface area (Å²) in [5, 5.41) is 2.68. The first kappa shape index (κ1) is 15.4. The molecule has 0 aliphatic heterocycles. The van der Waals surface area contributed by atoms with E-state index in [2.05, 4.69) is 4.98 Å². The van der Waals surface area contributed by atoms with E-state index in [0.29, 0.717) is 11.6 Å².